The molecule has 1 atom stereocenters. The van der Waals surface area contributed by atoms with Crippen LogP contribution in [0.2, 0.25) is 0 Å². The molecule has 2 N–H and O–H groups in total. The highest BCUT2D eigenvalue weighted by Gasteiger charge is 2.40. The number of carbonyl (C=O) groups is 1. The van der Waals surface area contributed by atoms with Crippen LogP contribution in [0.1, 0.15) is 20.8 Å². The molecule has 0 saturated carbocycles. The standard InChI is InChI=1S/C8H15N3O/c1-5-8(2,3)6(12)11(4)7(9)10-5/h5H,1-4H3,(H2,9,10). The lowest BCUT2D eigenvalue weighted by atomic mass is 9.83. The van der Waals surface area contributed by atoms with Gasteiger partial charge in [-0.1, -0.05) is 0 Å². The molecule has 0 spiro atoms. The first-order valence-electron chi connectivity index (χ1n) is 3.99. The summed E-state index contributed by atoms with van der Waals surface area (Å²) in [5.41, 5.74) is 5.10. The molecule has 0 aromatic heterocycles. The van der Waals surface area contributed by atoms with Crippen LogP contribution in [0.25, 0.3) is 0 Å². The van der Waals surface area contributed by atoms with Gasteiger partial charge in [-0.25, -0.2) is 4.99 Å². The van der Waals surface area contributed by atoms with Gasteiger partial charge in [0, 0.05) is 7.05 Å². The molecule has 0 aliphatic carbocycles. The van der Waals surface area contributed by atoms with Gasteiger partial charge < -0.3 is 5.73 Å². The van der Waals surface area contributed by atoms with Crippen LogP contribution in [0.5, 0.6) is 0 Å². The van der Waals surface area contributed by atoms with Gasteiger partial charge in [0.05, 0.1) is 11.5 Å². The van der Waals surface area contributed by atoms with Crippen molar-refractivity contribution in [3.8, 4) is 0 Å². The molecule has 0 radical (unpaired) electrons. The fraction of sp³-hybridized carbons (Fsp3) is 0.750. The summed E-state index contributed by atoms with van der Waals surface area (Å²) in [7, 11) is 1.65. The number of guanidine groups is 1. The molecule has 68 valence electrons. The number of nitrogens with zero attached hydrogens (tertiary/aromatic N) is 2. The summed E-state index contributed by atoms with van der Waals surface area (Å²) in [6.45, 7) is 5.66. The quantitative estimate of drug-likeness (QED) is 0.562. The summed E-state index contributed by atoms with van der Waals surface area (Å²) in [6.07, 6.45) is 0. The minimum absolute atomic E-state index is 0.0301. The van der Waals surface area contributed by atoms with Crippen molar-refractivity contribution in [3.05, 3.63) is 0 Å². The Morgan fingerprint density at radius 3 is 2.58 bits per heavy atom. The second kappa shape index (κ2) is 2.47. The number of nitrogens with two attached hydrogens (primary N) is 1. The van der Waals surface area contributed by atoms with E-state index in [-0.39, 0.29) is 11.9 Å². The highest BCUT2D eigenvalue weighted by atomic mass is 16.2. The van der Waals surface area contributed by atoms with E-state index in [2.05, 4.69) is 4.99 Å². The number of carbonyl (C=O) groups excluding carboxylic acids is 1. The Hall–Kier alpha value is -1.06. The minimum Gasteiger partial charge on any atom is -0.369 e. The maximum absolute atomic E-state index is 11.6. The van der Waals surface area contributed by atoms with Crippen molar-refractivity contribution in [1.82, 2.24) is 4.90 Å². The lowest BCUT2D eigenvalue weighted by molar-refractivity contribution is -0.137. The Morgan fingerprint density at radius 2 is 2.08 bits per heavy atom. The molecule has 0 fully saturated rings. The smallest absolute Gasteiger partial charge is 0.236 e. The Balaban J connectivity index is 3.08. The Kier molecular flexibility index (Phi) is 1.86. The van der Waals surface area contributed by atoms with Crippen LogP contribution >= 0.6 is 0 Å². The minimum atomic E-state index is -0.433. The molecule has 1 aliphatic heterocycles. The number of amides is 1. The average molecular weight is 169 g/mol. The number of aliphatic imine (C=N–C) groups is 1. The van der Waals surface area contributed by atoms with E-state index in [0.29, 0.717) is 5.96 Å². The third-order valence-corrected chi connectivity index (χ3v) is 2.57. The summed E-state index contributed by atoms with van der Waals surface area (Å²) < 4.78 is 0. The summed E-state index contributed by atoms with van der Waals surface area (Å²) in [5.74, 6) is 0.342. The SMILES string of the molecule is CC1N=C(N)N(C)C(=O)C1(C)C. The summed E-state index contributed by atoms with van der Waals surface area (Å²) in [6, 6.07) is -0.0406. The number of hydrogen-bond acceptors (Lipinski definition) is 3. The van der Waals surface area contributed by atoms with Gasteiger partial charge in [0.2, 0.25) is 5.91 Å². The molecular weight excluding hydrogens is 154 g/mol. The van der Waals surface area contributed by atoms with Crippen LogP contribution in [-0.2, 0) is 4.79 Å². The molecule has 0 aromatic carbocycles. The Labute approximate surface area is 72.4 Å². The van der Waals surface area contributed by atoms with Crippen molar-refractivity contribution >= 4 is 11.9 Å². The van der Waals surface area contributed by atoms with Gasteiger partial charge in [-0.3, -0.25) is 9.69 Å². The van der Waals surface area contributed by atoms with Gasteiger partial charge in [0.1, 0.15) is 0 Å². The van der Waals surface area contributed by atoms with Crippen LogP contribution < -0.4 is 5.73 Å². The highest BCUT2D eigenvalue weighted by molar-refractivity contribution is 6.00. The summed E-state index contributed by atoms with van der Waals surface area (Å²) in [5, 5.41) is 0. The van der Waals surface area contributed by atoms with Crippen LogP contribution in [0.15, 0.2) is 4.99 Å². The molecule has 0 aromatic rings. The topological polar surface area (TPSA) is 58.7 Å². The molecule has 4 nitrogen and oxygen atoms in total. The van der Waals surface area contributed by atoms with Crippen molar-refractivity contribution < 1.29 is 4.79 Å². The highest BCUT2D eigenvalue weighted by Crippen LogP contribution is 2.28. The zero-order chi connectivity index (χ0) is 9.52. The van der Waals surface area contributed by atoms with Crippen LogP contribution in [0.3, 0.4) is 0 Å². The molecule has 4 heteroatoms. The molecule has 0 bridgehead atoms. The van der Waals surface area contributed by atoms with Gasteiger partial charge in [0.15, 0.2) is 5.96 Å². The fourth-order valence-corrected chi connectivity index (χ4v) is 1.16. The van der Waals surface area contributed by atoms with E-state index in [4.69, 9.17) is 5.73 Å². The summed E-state index contributed by atoms with van der Waals surface area (Å²) in [4.78, 5) is 17.2. The van der Waals surface area contributed by atoms with Crippen LogP contribution in [0, 0.1) is 5.41 Å². The molecule has 0 saturated heterocycles. The van der Waals surface area contributed by atoms with Gasteiger partial charge in [-0.2, -0.15) is 0 Å². The first-order valence-corrected chi connectivity index (χ1v) is 3.99. The molecule has 1 rings (SSSR count). The van der Waals surface area contributed by atoms with Crippen molar-refractivity contribution in [2.75, 3.05) is 7.05 Å². The lowest BCUT2D eigenvalue weighted by Gasteiger charge is -2.36. The van der Waals surface area contributed by atoms with Crippen molar-refractivity contribution in [1.29, 1.82) is 0 Å². The number of rotatable bonds is 0. The molecule has 12 heavy (non-hydrogen) atoms. The molecule has 1 unspecified atom stereocenters. The van der Waals surface area contributed by atoms with Gasteiger partial charge in [-0.15, -0.1) is 0 Å². The van der Waals surface area contributed by atoms with E-state index in [1.807, 2.05) is 20.8 Å². The van der Waals surface area contributed by atoms with Gasteiger partial charge in [0.25, 0.3) is 0 Å². The normalized spacial score (nSPS) is 28.7. The zero-order valence-corrected chi connectivity index (χ0v) is 7.96. The van der Waals surface area contributed by atoms with E-state index < -0.39 is 5.41 Å². The maximum Gasteiger partial charge on any atom is 0.236 e. The zero-order valence-electron chi connectivity index (χ0n) is 7.96. The molecule has 1 amide bonds. The third-order valence-electron chi connectivity index (χ3n) is 2.57. The largest absolute Gasteiger partial charge is 0.369 e. The molecule has 1 aliphatic rings. The Bertz CT molecular complexity index is 245. The van der Waals surface area contributed by atoms with E-state index >= 15 is 0 Å². The van der Waals surface area contributed by atoms with Crippen LogP contribution in [-0.4, -0.2) is 29.9 Å². The average Bonchev–Trinajstić information content (AvgIpc) is 1.99. The van der Waals surface area contributed by atoms with E-state index in [1.54, 1.807) is 7.05 Å². The van der Waals surface area contributed by atoms with Gasteiger partial charge in [-0.05, 0) is 20.8 Å². The Morgan fingerprint density at radius 1 is 1.58 bits per heavy atom. The van der Waals surface area contributed by atoms with Crippen molar-refractivity contribution in [2.24, 2.45) is 16.1 Å². The lowest BCUT2D eigenvalue weighted by Crippen LogP contribution is -2.53. The predicted molar refractivity (Wildman–Crippen MR) is 47.6 cm³/mol. The van der Waals surface area contributed by atoms with E-state index in [1.165, 1.54) is 4.90 Å². The first kappa shape index (κ1) is 9.03. The van der Waals surface area contributed by atoms with Crippen molar-refractivity contribution in [2.45, 2.75) is 26.8 Å². The maximum atomic E-state index is 11.6. The molecule has 1 heterocycles. The predicted octanol–water partition coefficient (Wildman–Crippen LogP) is 0.188. The second-order valence-corrected chi connectivity index (χ2v) is 3.75. The fourth-order valence-electron chi connectivity index (χ4n) is 1.16. The van der Waals surface area contributed by atoms with Gasteiger partial charge >= 0.3 is 0 Å². The second-order valence-electron chi connectivity index (χ2n) is 3.75. The third kappa shape index (κ3) is 1.07. The van der Waals surface area contributed by atoms with E-state index in [9.17, 15) is 4.79 Å². The summed E-state index contributed by atoms with van der Waals surface area (Å²) >= 11 is 0. The van der Waals surface area contributed by atoms with E-state index in [0.717, 1.165) is 0 Å². The monoisotopic (exact) mass is 169 g/mol. The van der Waals surface area contributed by atoms with Crippen molar-refractivity contribution in [3.63, 3.8) is 0 Å². The van der Waals surface area contributed by atoms with Crippen LogP contribution in [0.4, 0.5) is 0 Å². The number of hydrogen-bond donors (Lipinski definition) is 1. The molecular formula is C8H15N3O. The first-order chi connectivity index (χ1) is 5.37.